The molecule has 74 valence electrons. The van der Waals surface area contributed by atoms with Gasteiger partial charge in [0, 0.05) is 36.0 Å². The minimum atomic E-state index is -1.01. The first-order chi connectivity index (χ1) is 6.24. The second-order valence-corrected chi connectivity index (χ2v) is 2.61. The predicted molar refractivity (Wildman–Crippen MR) is 47.7 cm³/mol. The van der Waals surface area contributed by atoms with E-state index < -0.39 is 17.6 Å². The summed E-state index contributed by atoms with van der Waals surface area (Å²) >= 11 is 0. The second-order valence-electron chi connectivity index (χ2n) is 2.61. The van der Waals surface area contributed by atoms with Crippen molar-refractivity contribution in [1.82, 2.24) is 0 Å². The van der Waals surface area contributed by atoms with Gasteiger partial charge in [-0.2, -0.15) is 17.7 Å². The van der Waals surface area contributed by atoms with Crippen LogP contribution in [-0.2, 0) is 0 Å². The van der Waals surface area contributed by atoms with Crippen LogP contribution >= 0.6 is 0 Å². The molecule has 1 aromatic carbocycles. The number of rotatable bonds is 4. The van der Waals surface area contributed by atoms with Gasteiger partial charge in [0.15, 0.2) is 0 Å². The van der Waals surface area contributed by atoms with Crippen molar-refractivity contribution < 1.29 is 41.1 Å². The first kappa shape index (κ1) is 13.5. The van der Waals surface area contributed by atoms with Crippen LogP contribution in [0.1, 0.15) is 5.56 Å². The molecule has 0 fully saturated rings. The molecule has 1 atom stereocenters. The molecule has 0 bridgehead atoms. The van der Waals surface area contributed by atoms with Gasteiger partial charge in [-0.1, -0.05) is 6.07 Å². The molecule has 0 amide bonds. The quantitative estimate of drug-likeness (QED) is 0.449. The van der Waals surface area contributed by atoms with Gasteiger partial charge in [-0.25, -0.2) is 0 Å². The minimum absolute atomic E-state index is 0. The molecule has 0 aliphatic rings. The van der Waals surface area contributed by atoms with E-state index in [0.29, 0.717) is 0 Å². The standard InChI is InChI=1S/C9H10NO3.U/c11-7-9(10(12)13)6-8-4-2-1-3-5-8;/h1-6,9,11H,7H2;/q-1;/t9-;/m0./s1. The van der Waals surface area contributed by atoms with Gasteiger partial charge >= 0.3 is 0 Å². The fraction of sp³-hybridized carbons (Fsp3) is 0.222. The van der Waals surface area contributed by atoms with Crippen molar-refractivity contribution in [2.24, 2.45) is 0 Å². The third kappa shape index (κ3) is 4.14. The van der Waals surface area contributed by atoms with E-state index in [0.717, 1.165) is 5.56 Å². The van der Waals surface area contributed by atoms with Crippen LogP contribution in [0.2, 0.25) is 0 Å². The molecule has 0 saturated heterocycles. The Kier molecular flexibility index (Phi) is 6.64. The molecular formula is C9H10NO3U-. The summed E-state index contributed by atoms with van der Waals surface area (Å²) in [4.78, 5) is 9.84. The molecule has 1 aromatic rings. The van der Waals surface area contributed by atoms with Crippen molar-refractivity contribution in [3.05, 3.63) is 52.4 Å². The molecule has 0 spiro atoms. The molecule has 1 N–H and O–H groups in total. The van der Waals surface area contributed by atoms with Crippen molar-refractivity contribution in [1.29, 1.82) is 0 Å². The van der Waals surface area contributed by atoms with Gasteiger partial charge in [-0.3, -0.25) is 10.1 Å². The summed E-state index contributed by atoms with van der Waals surface area (Å²) in [6, 6.07) is 7.92. The smallest absolute Gasteiger partial charge is 0.214 e. The summed E-state index contributed by atoms with van der Waals surface area (Å²) in [5.41, 5.74) is 0.748. The summed E-state index contributed by atoms with van der Waals surface area (Å²) in [6.45, 7) is -0.470. The largest absolute Gasteiger partial charge is 0.390 e. The van der Waals surface area contributed by atoms with Crippen molar-refractivity contribution >= 4 is 0 Å². The Morgan fingerprint density at radius 1 is 1.43 bits per heavy atom. The summed E-state index contributed by atoms with van der Waals surface area (Å²) in [5, 5.41) is 19.0. The van der Waals surface area contributed by atoms with Gasteiger partial charge in [0.1, 0.15) is 6.61 Å². The van der Waals surface area contributed by atoms with Gasteiger partial charge in [0.05, 0.1) is 0 Å². The van der Waals surface area contributed by atoms with Crippen LogP contribution < -0.4 is 0 Å². The average Bonchev–Trinajstić information content (AvgIpc) is 2.15. The topological polar surface area (TPSA) is 63.4 Å². The average molecular weight is 418 g/mol. The molecule has 0 saturated carbocycles. The zero-order valence-electron chi connectivity index (χ0n) is 7.46. The molecule has 14 heavy (non-hydrogen) atoms. The number of hydrogen-bond donors (Lipinski definition) is 1. The van der Waals surface area contributed by atoms with Crippen LogP contribution in [0.15, 0.2) is 30.3 Å². The number of aliphatic hydroxyl groups is 1. The Morgan fingerprint density at radius 3 is 2.43 bits per heavy atom. The summed E-state index contributed by atoms with van der Waals surface area (Å²) in [6.07, 6.45) is 1.43. The number of hydrogen-bond acceptors (Lipinski definition) is 3. The van der Waals surface area contributed by atoms with E-state index in [2.05, 4.69) is 0 Å². The van der Waals surface area contributed by atoms with E-state index in [4.69, 9.17) is 5.11 Å². The van der Waals surface area contributed by atoms with Crippen molar-refractivity contribution in [2.45, 2.75) is 6.04 Å². The normalized spacial score (nSPS) is 11.2. The Balaban J connectivity index is 0.00000169. The second kappa shape index (κ2) is 6.88. The third-order valence-corrected chi connectivity index (χ3v) is 1.64. The fourth-order valence-electron chi connectivity index (χ4n) is 0.967. The number of aliphatic hydroxyl groups excluding tert-OH is 1. The van der Waals surface area contributed by atoms with Gasteiger partial charge in [0.25, 0.3) is 0 Å². The van der Waals surface area contributed by atoms with E-state index >= 15 is 0 Å². The number of benzene rings is 1. The molecule has 1 rings (SSSR count). The molecule has 0 aliphatic heterocycles. The van der Waals surface area contributed by atoms with Crippen molar-refractivity contribution in [3.63, 3.8) is 0 Å². The molecule has 0 aliphatic carbocycles. The molecule has 0 aromatic heterocycles. The summed E-state index contributed by atoms with van der Waals surface area (Å²) in [7, 11) is 0. The molecule has 0 radical (unpaired) electrons. The minimum Gasteiger partial charge on any atom is -0.390 e. The van der Waals surface area contributed by atoms with Crippen LogP contribution in [-0.4, -0.2) is 22.7 Å². The maximum absolute atomic E-state index is 10.3. The first-order valence-electron chi connectivity index (χ1n) is 3.88. The Bertz CT molecular complexity index is 279. The van der Waals surface area contributed by atoms with Gasteiger partial charge < -0.3 is 5.11 Å². The van der Waals surface area contributed by atoms with Gasteiger partial charge in [0.2, 0.25) is 6.04 Å². The van der Waals surface area contributed by atoms with Crippen molar-refractivity contribution in [3.8, 4) is 0 Å². The SMILES string of the molecule is O=[N+]([O-])[C@@H]([CH-]c1ccccc1)CO.[U]. The van der Waals surface area contributed by atoms with Crippen LogP contribution in [0.5, 0.6) is 0 Å². The summed E-state index contributed by atoms with van der Waals surface area (Å²) < 4.78 is 0. The molecule has 0 unspecified atom stereocenters. The van der Waals surface area contributed by atoms with Crippen LogP contribution in [0.25, 0.3) is 0 Å². The van der Waals surface area contributed by atoms with E-state index in [1.165, 1.54) is 6.42 Å². The fourth-order valence-corrected chi connectivity index (χ4v) is 0.967. The van der Waals surface area contributed by atoms with E-state index in [1.54, 1.807) is 24.3 Å². The third-order valence-electron chi connectivity index (χ3n) is 1.64. The zero-order chi connectivity index (χ0) is 9.68. The Labute approximate surface area is 106 Å². The maximum Gasteiger partial charge on any atom is 0.214 e. The molecule has 4 nitrogen and oxygen atoms in total. The zero-order valence-corrected chi connectivity index (χ0v) is 11.6. The van der Waals surface area contributed by atoms with E-state index in [1.807, 2.05) is 6.07 Å². The van der Waals surface area contributed by atoms with Crippen LogP contribution in [0.3, 0.4) is 0 Å². The Hall–Kier alpha value is -0.498. The van der Waals surface area contributed by atoms with Crippen molar-refractivity contribution in [2.75, 3.05) is 6.61 Å². The van der Waals surface area contributed by atoms with E-state index in [9.17, 15) is 10.1 Å². The first-order valence-corrected chi connectivity index (χ1v) is 3.88. The van der Waals surface area contributed by atoms with Crippen LogP contribution in [0.4, 0.5) is 0 Å². The number of nitrogens with zero attached hydrogens (tertiary/aromatic N) is 1. The molecule has 5 heteroatoms. The molecular weight excluding hydrogens is 408 g/mol. The predicted octanol–water partition coefficient (Wildman–Crippen LogP) is 0.877. The maximum atomic E-state index is 10.3. The Morgan fingerprint density at radius 2 is 2.00 bits per heavy atom. The van der Waals surface area contributed by atoms with Crippen LogP contribution in [0, 0.1) is 47.6 Å². The van der Waals surface area contributed by atoms with E-state index in [-0.39, 0.29) is 31.1 Å². The number of nitro groups is 1. The van der Waals surface area contributed by atoms with Gasteiger partial charge in [-0.05, 0) is 0 Å². The van der Waals surface area contributed by atoms with Gasteiger partial charge in [-0.15, -0.1) is 18.6 Å². The monoisotopic (exact) mass is 418 g/mol. The molecule has 0 heterocycles. The summed E-state index contributed by atoms with van der Waals surface area (Å²) in [5.74, 6) is 0.